The van der Waals surface area contributed by atoms with E-state index in [1.165, 1.54) is 11.3 Å². The van der Waals surface area contributed by atoms with Crippen LogP contribution in [-0.4, -0.2) is 79.8 Å². The molecule has 13 heteroatoms. The van der Waals surface area contributed by atoms with Crippen molar-refractivity contribution in [1.29, 1.82) is 0 Å². The Balaban J connectivity index is 1.45. The minimum absolute atomic E-state index is 0.0134. The van der Waals surface area contributed by atoms with Crippen molar-refractivity contribution in [2.24, 2.45) is 17.8 Å². The molecule has 1 fully saturated rings. The smallest absolute Gasteiger partial charge is 0.258 e. The largest absolute Gasteiger partial charge is 0.484 e. The zero-order valence-electron chi connectivity index (χ0n) is 28.4. The van der Waals surface area contributed by atoms with Crippen LogP contribution in [0.15, 0.2) is 48.5 Å². The number of nitrogens with one attached hydrogen (secondary N) is 4. The standard InChI is InChI=1S/C35H46N6O6S/c1-20(2)17-27(38-34(46)30(21(3)4)40-29(42)19-47-24-13-11-23(12-14-24)41(5)6)33(45)37-26(18-22-15-16-36-32(22)44)31(43)35-39-25-9-7-8-10-28(25)48-35/h7-14,20-22,26-27,30H,15-19H2,1-6H3,(H,36,44)(H,37,45)(H,38,46)(H,40,42)/t22-,26-,27-,30-/m0/s1. The second-order valence-electron chi connectivity index (χ2n) is 13.1. The highest BCUT2D eigenvalue weighted by Crippen LogP contribution is 2.25. The van der Waals surface area contributed by atoms with Crippen LogP contribution in [0.1, 0.15) is 56.8 Å². The number of ether oxygens (including phenoxy) is 1. The van der Waals surface area contributed by atoms with Crippen LogP contribution in [0.3, 0.4) is 0 Å². The molecule has 258 valence electrons. The second-order valence-corrected chi connectivity index (χ2v) is 14.1. The zero-order valence-corrected chi connectivity index (χ0v) is 29.2. The van der Waals surface area contributed by atoms with E-state index in [1.807, 2.05) is 69.2 Å². The molecule has 0 unspecified atom stereocenters. The third-order valence-corrected chi connectivity index (χ3v) is 9.20. The molecular weight excluding hydrogens is 632 g/mol. The highest BCUT2D eigenvalue weighted by molar-refractivity contribution is 7.20. The van der Waals surface area contributed by atoms with E-state index >= 15 is 0 Å². The molecule has 0 radical (unpaired) electrons. The van der Waals surface area contributed by atoms with Gasteiger partial charge in [0, 0.05) is 32.2 Å². The topological polar surface area (TPSA) is 159 Å². The third kappa shape index (κ3) is 9.75. The number of benzene rings is 2. The van der Waals surface area contributed by atoms with Crippen molar-refractivity contribution in [3.63, 3.8) is 0 Å². The summed E-state index contributed by atoms with van der Waals surface area (Å²) in [6, 6.07) is 11.7. The Kier molecular flexibility index (Phi) is 12.5. The summed E-state index contributed by atoms with van der Waals surface area (Å²) in [4.78, 5) is 72.9. The lowest BCUT2D eigenvalue weighted by atomic mass is 9.94. The first-order chi connectivity index (χ1) is 22.8. The van der Waals surface area contributed by atoms with Crippen LogP contribution >= 0.6 is 11.3 Å². The molecule has 4 atom stereocenters. The predicted octanol–water partition coefficient (Wildman–Crippen LogP) is 3.31. The van der Waals surface area contributed by atoms with Gasteiger partial charge in [-0.15, -0.1) is 11.3 Å². The van der Waals surface area contributed by atoms with Gasteiger partial charge in [0.1, 0.15) is 17.8 Å². The molecule has 1 aromatic heterocycles. The average Bonchev–Trinajstić information content (AvgIpc) is 3.67. The van der Waals surface area contributed by atoms with E-state index < -0.39 is 41.8 Å². The lowest BCUT2D eigenvalue weighted by Gasteiger charge is -2.27. The van der Waals surface area contributed by atoms with E-state index in [1.54, 1.807) is 26.0 Å². The van der Waals surface area contributed by atoms with Crippen LogP contribution in [0.2, 0.25) is 0 Å². The fourth-order valence-corrected chi connectivity index (χ4v) is 6.45. The van der Waals surface area contributed by atoms with E-state index in [4.69, 9.17) is 4.74 Å². The van der Waals surface area contributed by atoms with Crippen molar-refractivity contribution >= 4 is 56.7 Å². The number of Topliss-reactive ketones (excluding diaryl/α,β-unsaturated/α-hetero) is 1. The number of rotatable bonds is 16. The lowest BCUT2D eigenvalue weighted by molar-refractivity contribution is -0.134. The maximum absolute atomic E-state index is 13.8. The van der Waals surface area contributed by atoms with Gasteiger partial charge >= 0.3 is 0 Å². The van der Waals surface area contributed by atoms with Crippen molar-refractivity contribution in [3.05, 3.63) is 53.5 Å². The first kappa shape index (κ1) is 36.3. The van der Waals surface area contributed by atoms with Gasteiger partial charge in [0.05, 0.1) is 16.3 Å². The summed E-state index contributed by atoms with van der Waals surface area (Å²) in [5, 5.41) is 11.4. The minimum Gasteiger partial charge on any atom is -0.484 e. The fourth-order valence-electron chi connectivity index (χ4n) is 5.49. The van der Waals surface area contributed by atoms with Crippen molar-refractivity contribution in [1.82, 2.24) is 26.3 Å². The molecule has 0 aliphatic carbocycles. The molecule has 1 aliphatic rings. The Bertz CT molecular complexity index is 1570. The Morgan fingerprint density at radius 3 is 2.25 bits per heavy atom. The average molecular weight is 679 g/mol. The maximum atomic E-state index is 13.8. The maximum Gasteiger partial charge on any atom is 0.258 e. The number of carbonyl (C=O) groups is 5. The third-order valence-electron chi connectivity index (χ3n) is 8.15. The number of carbonyl (C=O) groups excluding carboxylic acids is 5. The van der Waals surface area contributed by atoms with Gasteiger partial charge in [0.2, 0.25) is 23.5 Å². The number of fused-ring (bicyclic) bond motifs is 1. The van der Waals surface area contributed by atoms with E-state index in [-0.39, 0.29) is 48.0 Å². The number of amides is 4. The molecule has 48 heavy (non-hydrogen) atoms. The molecule has 4 amide bonds. The monoisotopic (exact) mass is 678 g/mol. The van der Waals surface area contributed by atoms with Crippen molar-refractivity contribution < 1.29 is 28.7 Å². The molecule has 4 N–H and O–H groups in total. The number of anilines is 1. The number of hydrogen-bond acceptors (Lipinski definition) is 9. The molecule has 2 heterocycles. The van der Waals surface area contributed by atoms with E-state index in [0.29, 0.717) is 24.2 Å². The number of nitrogens with zero attached hydrogens (tertiary/aromatic N) is 2. The van der Waals surface area contributed by atoms with Crippen LogP contribution in [0.5, 0.6) is 5.75 Å². The van der Waals surface area contributed by atoms with E-state index in [2.05, 4.69) is 26.3 Å². The molecule has 3 aromatic rings. The molecule has 1 aliphatic heterocycles. The van der Waals surface area contributed by atoms with Crippen molar-refractivity contribution in [3.8, 4) is 5.75 Å². The number of ketones is 1. The van der Waals surface area contributed by atoms with E-state index in [9.17, 15) is 24.0 Å². The zero-order chi connectivity index (χ0) is 35.0. The quantitative estimate of drug-likeness (QED) is 0.168. The van der Waals surface area contributed by atoms with Gasteiger partial charge in [-0.1, -0.05) is 39.8 Å². The highest BCUT2D eigenvalue weighted by Gasteiger charge is 2.36. The van der Waals surface area contributed by atoms with Gasteiger partial charge < -0.3 is 30.9 Å². The van der Waals surface area contributed by atoms with Gasteiger partial charge in [-0.25, -0.2) is 4.98 Å². The number of hydrogen-bond donors (Lipinski definition) is 4. The summed E-state index contributed by atoms with van der Waals surface area (Å²) >= 11 is 1.23. The number of para-hydroxylation sites is 1. The SMILES string of the molecule is CC(C)C[C@H](NC(=O)[C@@H](NC(=O)COc1ccc(N(C)C)cc1)C(C)C)C(=O)N[C@@H](C[C@@H]1CCNC1=O)C(=O)c1nc2ccccc2s1. The molecule has 0 spiro atoms. The molecular formula is C35H46N6O6S. The summed E-state index contributed by atoms with van der Waals surface area (Å²) in [7, 11) is 3.85. The minimum atomic E-state index is -1.02. The number of aromatic nitrogens is 1. The Labute approximate surface area is 285 Å². The lowest BCUT2D eigenvalue weighted by Crippen LogP contribution is -2.57. The Hall–Kier alpha value is -4.52. The van der Waals surface area contributed by atoms with E-state index in [0.717, 1.165) is 10.4 Å². The Morgan fingerprint density at radius 1 is 0.958 bits per heavy atom. The summed E-state index contributed by atoms with van der Waals surface area (Å²) < 4.78 is 6.46. The number of thiazole rings is 1. The Morgan fingerprint density at radius 2 is 1.65 bits per heavy atom. The normalized spacial score (nSPS) is 16.2. The predicted molar refractivity (Wildman–Crippen MR) is 186 cm³/mol. The fraction of sp³-hybridized carbons (Fsp3) is 0.486. The second kappa shape index (κ2) is 16.5. The molecule has 1 saturated heterocycles. The molecule has 0 bridgehead atoms. The van der Waals surface area contributed by atoms with Gasteiger partial charge in [0.15, 0.2) is 11.6 Å². The molecule has 12 nitrogen and oxygen atoms in total. The van der Waals surface area contributed by atoms with Crippen LogP contribution < -0.4 is 30.9 Å². The highest BCUT2D eigenvalue weighted by atomic mass is 32.1. The van der Waals surface area contributed by atoms with Crippen molar-refractivity contribution in [2.75, 3.05) is 32.1 Å². The van der Waals surface area contributed by atoms with Gasteiger partial charge in [0.25, 0.3) is 5.91 Å². The van der Waals surface area contributed by atoms with Crippen molar-refractivity contribution in [2.45, 2.75) is 65.1 Å². The van der Waals surface area contributed by atoms with Crippen LogP contribution in [-0.2, 0) is 19.2 Å². The first-order valence-corrected chi connectivity index (χ1v) is 17.1. The molecule has 2 aromatic carbocycles. The summed E-state index contributed by atoms with van der Waals surface area (Å²) in [5.41, 5.74) is 1.66. The van der Waals surface area contributed by atoms with Crippen LogP contribution in [0.4, 0.5) is 5.69 Å². The van der Waals surface area contributed by atoms with Crippen LogP contribution in [0.25, 0.3) is 10.2 Å². The van der Waals surface area contributed by atoms with Gasteiger partial charge in [-0.2, -0.15) is 0 Å². The first-order valence-electron chi connectivity index (χ1n) is 16.3. The molecule has 4 rings (SSSR count). The van der Waals surface area contributed by atoms with Gasteiger partial charge in [-0.3, -0.25) is 24.0 Å². The molecule has 0 saturated carbocycles. The summed E-state index contributed by atoms with van der Waals surface area (Å²) in [6.45, 7) is 7.64. The summed E-state index contributed by atoms with van der Waals surface area (Å²) in [5.74, 6) is -2.33. The van der Waals surface area contributed by atoms with Crippen LogP contribution in [0, 0.1) is 17.8 Å². The van der Waals surface area contributed by atoms with Gasteiger partial charge in [-0.05, 0) is 67.5 Å². The summed E-state index contributed by atoms with van der Waals surface area (Å²) in [6.07, 6.45) is 0.941.